The van der Waals surface area contributed by atoms with Crippen LogP contribution in [-0.4, -0.2) is 64.3 Å². The normalized spacial score (nSPS) is 18.9. The Balaban J connectivity index is 2.82. The molecule has 0 bridgehead atoms. The average Bonchev–Trinajstić information content (AvgIpc) is 3.13. The highest BCUT2D eigenvalue weighted by atomic mass is 16.5. The quantitative estimate of drug-likeness (QED) is 0.215. The predicted molar refractivity (Wildman–Crippen MR) is 100.0 cm³/mol. The molecule has 1 rings (SSSR count). The van der Waals surface area contributed by atoms with Gasteiger partial charge < -0.3 is 20.6 Å². The molecule has 0 aromatic carbocycles. The van der Waals surface area contributed by atoms with Crippen LogP contribution in [0.3, 0.4) is 0 Å². The molecular formula is C18H34N4O5. The molecule has 0 spiro atoms. The Morgan fingerprint density at radius 2 is 1.89 bits per heavy atom. The number of aliphatic hydroxyl groups excluding tert-OH is 1. The summed E-state index contributed by atoms with van der Waals surface area (Å²) in [5.41, 5.74) is 1.46. The highest BCUT2D eigenvalue weighted by Crippen LogP contribution is 2.20. The Kier molecular flexibility index (Phi) is 10.1. The third kappa shape index (κ3) is 6.99. The number of carbonyl (C=O) groups excluding carboxylic acids is 3. The Bertz CT molecular complexity index is 500. The number of nitrogens with one attached hydrogen (secondary N) is 3. The first kappa shape index (κ1) is 23.2. The molecule has 0 radical (unpaired) electrons. The summed E-state index contributed by atoms with van der Waals surface area (Å²) in [7, 11) is 0. The van der Waals surface area contributed by atoms with Crippen LogP contribution in [0.1, 0.15) is 59.3 Å². The van der Waals surface area contributed by atoms with Crippen molar-refractivity contribution in [2.45, 2.75) is 77.4 Å². The molecule has 1 heterocycles. The van der Waals surface area contributed by atoms with E-state index in [1.54, 1.807) is 4.90 Å². The van der Waals surface area contributed by atoms with Crippen LogP contribution < -0.4 is 16.1 Å². The molecule has 0 aromatic rings. The van der Waals surface area contributed by atoms with Crippen molar-refractivity contribution in [3.05, 3.63) is 0 Å². The topological polar surface area (TPSA) is 131 Å². The zero-order valence-corrected chi connectivity index (χ0v) is 16.5. The molecule has 1 fully saturated rings. The monoisotopic (exact) mass is 386 g/mol. The van der Waals surface area contributed by atoms with Gasteiger partial charge in [0.25, 0.3) is 0 Å². The van der Waals surface area contributed by atoms with Gasteiger partial charge in [-0.2, -0.15) is 0 Å². The molecule has 4 amide bonds. The van der Waals surface area contributed by atoms with Gasteiger partial charge in [-0.25, -0.2) is 10.3 Å². The summed E-state index contributed by atoms with van der Waals surface area (Å²) in [4.78, 5) is 38.7. The molecule has 1 saturated heterocycles. The number of hydroxylamine groups is 1. The number of unbranched alkanes of at least 4 members (excludes halogenated alkanes) is 2. The molecule has 2 unspecified atom stereocenters. The molecule has 0 aromatic heterocycles. The van der Waals surface area contributed by atoms with Gasteiger partial charge in [0.05, 0.1) is 12.6 Å². The van der Waals surface area contributed by atoms with Crippen LogP contribution in [-0.2, 0) is 9.59 Å². The van der Waals surface area contributed by atoms with Gasteiger partial charge in [-0.1, -0.05) is 40.0 Å². The Hall–Kier alpha value is -1.87. The van der Waals surface area contributed by atoms with Crippen LogP contribution in [0.2, 0.25) is 0 Å². The van der Waals surface area contributed by atoms with Crippen molar-refractivity contribution >= 4 is 17.8 Å². The van der Waals surface area contributed by atoms with Gasteiger partial charge >= 0.3 is 6.03 Å². The molecule has 9 heteroatoms. The van der Waals surface area contributed by atoms with E-state index in [0.717, 1.165) is 32.1 Å². The molecule has 0 saturated carbocycles. The maximum Gasteiger partial charge on any atom is 0.339 e. The lowest BCUT2D eigenvalue weighted by Crippen LogP contribution is -2.57. The fourth-order valence-corrected chi connectivity index (χ4v) is 3.32. The van der Waals surface area contributed by atoms with Crippen molar-refractivity contribution in [3.63, 3.8) is 0 Å². The zero-order valence-electron chi connectivity index (χ0n) is 16.5. The smallest absolute Gasteiger partial charge is 0.339 e. The molecule has 0 aliphatic carbocycles. The van der Waals surface area contributed by atoms with Crippen molar-refractivity contribution in [1.82, 2.24) is 21.0 Å². The minimum absolute atomic E-state index is 0.0949. The standard InChI is InChI=1S/C18H34N4O5/c1-4-5-6-9-14(19-18(26)21-27)16(24)20-15(12(2)3)17(25)22-10-7-8-13(22)11-23/h12-15,23,27H,4-11H2,1-3H3,(H,20,24)(H2,19,21,26)/t13-,14?,15?/m0/s1. The first-order valence-corrected chi connectivity index (χ1v) is 9.77. The van der Waals surface area contributed by atoms with Gasteiger partial charge in [-0.3, -0.25) is 14.8 Å². The van der Waals surface area contributed by atoms with E-state index in [4.69, 9.17) is 5.21 Å². The maximum atomic E-state index is 12.9. The van der Waals surface area contributed by atoms with E-state index in [0.29, 0.717) is 13.0 Å². The zero-order chi connectivity index (χ0) is 20.4. The van der Waals surface area contributed by atoms with Crippen LogP contribution in [0.15, 0.2) is 0 Å². The third-order valence-electron chi connectivity index (χ3n) is 4.92. The van der Waals surface area contributed by atoms with E-state index in [9.17, 15) is 19.5 Å². The second-order valence-electron chi connectivity index (χ2n) is 7.37. The maximum absolute atomic E-state index is 12.9. The van der Waals surface area contributed by atoms with Crippen LogP contribution in [0.4, 0.5) is 4.79 Å². The number of urea groups is 1. The molecule has 3 atom stereocenters. The summed E-state index contributed by atoms with van der Waals surface area (Å²) >= 11 is 0. The van der Waals surface area contributed by atoms with Crippen LogP contribution in [0, 0.1) is 5.92 Å². The van der Waals surface area contributed by atoms with Crippen LogP contribution in [0.25, 0.3) is 0 Å². The Labute approximate surface area is 160 Å². The van der Waals surface area contributed by atoms with Crippen molar-refractivity contribution in [1.29, 1.82) is 0 Å². The molecule has 1 aliphatic rings. The number of hydrogen-bond acceptors (Lipinski definition) is 5. The van der Waals surface area contributed by atoms with E-state index < -0.39 is 24.0 Å². The second-order valence-corrected chi connectivity index (χ2v) is 7.37. The van der Waals surface area contributed by atoms with Crippen LogP contribution >= 0.6 is 0 Å². The number of aliphatic hydroxyl groups is 1. The van der Waals surface area contributed by atoms with Crippen LogP contribution in [0.5, 0.6) is 0 Å². The number of hydrogen-bond donors (Lipinski definition) is 5. The van der Waals surface area contributed by atoms with Crippen molar-refractivity contribution in [2.24, 2.45) is 5.92 Å². The molecule has 1 aliphatic heterocycles. The largest absolute Gasteiger partial charge is 0.394 e. The average molecular weight is 386 g/mol. The number of carbonyl (C=O) groups is 3. The molecule has 27 heavy (non-hydrogen) atoms. The van der Waals surface area contributed by atoms with Gasteiger partial charge in [0.1, 0.15) is 12.1 Å². The summed E-state index contributed by atoms with van der Waals surface area (Å²) in [5, 5.41) is 23.4. The summed E-state index contributed by atoms with van der Waals surface area (Å²) in [5.74, 6) is -0.820. The van der Waals surface area contributed by atoms with Gasteiger partial charge in [0.2, 0.25) is 11.8 Å². The Morgan fingerprint density at radius 3 is 2.44 bits per heavy atom. The predicted octanol–water partition coefficient (Wildman–Crippen LogP) is 0.748. The summed E-state index contributed by atoms with van der Waals surface area (Å²) in [6.45, 7) is 6.18. The highest BCUT2D eigenvalue weighted by molar-refractivity contribution is 5.92. The molecule has 9 nitrogen and oxygen atoms in total. The SMILES string of the molecule is CCCCCC(NC(=O)NO)C(=O)NC(C(=O)N1CCC[C@H]1CO)C(C)C. The van der Waals surface area contributed by atoms with Crippen molar-refractivity contribution < 1.29 is 24.7 Å². The van der Waals surface area contributed by atoms with Crippen molar-refractivity contribution in [2.75, 3.05) is 13.2 Å². The number of likely N-dealkylation sites (tertiary alicyclic amines) is 1. The van der Waals surface area contributed by atoms with E-state index in [1.807, 2.05) is 20.8 Å². The van der Waals surface area contributed by atoms with Crippen molar-refractivity contribution in [3.8, 4) is 0 Å². The first-order valence-electron chi connectivity index (χ1n) is 9.77. The Morgan fingerprint density at radius 1 is 1.19 bits per heavy atom. The number of nitrogens with zero attached hydrogens (tertiary/aromatic N) is 1. The van der Waals surface area contributed by atoms with E-state index >= 15 is 0 Å². The van der Waals surface area contributed by atoms with E-state index in [1.165, 1.54) is 5.48 Å². The van der Waals surface area contributed by atoms with Gasteiger partial charge in [-0.15, -0.1) is 0 Å². The number of rotatable bonds is 10. The fraction of sp³-hybridized carbons (Fsp3) is 0.833. The van der Waals surface area contributed by atoms with Gasteiger partial charge in [-0.05, 0) is 25.2 Å². The third-order valence-corrected chi connectivity index (χ3v) is 4.92. The lowest BCUT2D eigenvalue weighted by atomic mass is 10.0. The molecular weight excluding hydrogens is 352 g/mol. The first-order chi connectivity index (χ1) is 12.8. The lowest BCUT2D eigenvalue weighted by Gasteiger charge is -2.31. The summed E-state index contributed by atoms with van der Waals surface area (Å²) in [6.07, 6.45) is 4.59. The number of amides is 4. The molecule has 5 N–H and O–H groups in total. The summed E-state index contributed by atoms with van der Waals surface area (Å²) < 4.78 is 0. The minimum Gasteiger partial charge on any atom is -0.394 e. The molecule has 156 valence electrons. The highest BCUT2D eigenvalue weighted by Gasteiger charge is 2.36. The lowest BCUT2D eigenvalue weighted by molar-refractivity contribution is -0.139. The second kappa shape index (κ2) is 11.8. The minimum atomic E-state index is -0.862. The van der Waals surface area contributed by atoms with E-state index in [2.05, 4.69) is 10.6 Å². The van der Waals surface area contributed by atoms with Gasteiger partial charge in [0.15, 0.2) is 0 Å². The summed E-state index contributed by atoms with van der Waals surface area (Å²) in [6, 6.07) is -2.66. The van der Waals surface area contributed by atoms with Gasteiger partial charge in [0, 0.05) is 6.54 Å². The fourth-order valence-electron chi connectivity index (χ4n) is 3.32. The van der Waals surface area contributed by atoms with E-state index in [-0.39, 0.29) is 24.5 Å².